The van der Waals surface area contributed by atoms with Crippen LogP contribution < -0.4 is 10.6 Å². The number of nitrogens with one attached hydrogen (secondary N) is 2. The van der Waals surface area contributed by atoms with E-state index in [9.17, 15) is 4.79 Å². The fourth-order valence-corrected chi connectivity index (χ4v) is 1.78. The molecule has 4 nitrogen and oxygen atoms in total. The molecule has 0 aromatic carbocycles. The third-order valence-electron chi connectivity index (χ3n) is 2.96. The van der Waals surface area contributed by atoms with Gasteiger partial charge in [-0.2, -0.15) is 0 Å². The third kappa shape index (κ3) is 3.64. The molecule has 1 fully saturated rings. The molecule has 1 rings (SSSR count). The maximum Gasteiger partial charge on any atom is 0.234 e. The summed E-state index contributed by atoms with van der Waals surface area (Å²) in [6, 6.07) is 0.860. The Morgan fingerprint density at radius 3 is 3.07 bits per heavy atom. The molecular weight excluding hydrogens is 190 g/mol. The third-order valence-corrected chi connectivity index (χ3v) is 2.96. The van der Waals surface area contributed by atoms with E-state index in [1.54, 1.807) is 6.08 Å². The van der Waals surface area contributed by atoms with Gasteiger partial charge in [0.15, 0.2) is 0 Å². The van der Waals surface area contributed by atoms with E-state index in [1.165, 1.54) is 0 Å². The molecule has 0 bridgehead atoms. The Balaban J connectivity index is 2.36. The molecule has 0 aromatic rings. The highest BCUT2D eigenvalue weighted by atomic mass is 16.2. The zero-order valence-electron chi connectivity index (χ0n) is 9.62. The van der Waals surface area contributed by atoms with E-state index in [1.807, 2.05) is 0 Å². The van der Waals surface area contributed by atoms with Crippen LogP contribution in [0.3, 0.4) is 0 Å². The van der Waals surface area contributed by atoms with Crippen LogP contribution in [0.4, 0.5) is 0 Å². The highest BCUT2D eigenvalue weighted by Crippen LogP contribution is 2.07. The summed E-state index contributed by atoms with van der Waals surface area (Å²) < 4.78 is 0. The van der Waals surface area contributed by atoms with Gasteiger partial charge in [-0.15, -0.1) is 6.58 Å². The summed E-state index contributed by atoms with van der Waals surface area (Å²) in [5, 5.41) is 6.18. The molecule has 1 amide bonds. The molecule has 2 unspecified atom stereocenters. The second kappa shape index (κ2) is 5.88. The lowest BCUT2D eigenvalue weighted by Crippen LogP contribution is -2.57. The average Bonchev–Trinajstić information content (AvgIpc) is 2.22. The van der Waals surface area contributed by atoms with Gasteiger partial charge >= 0.3 is 0 Å². The van der Waals surface area contributed by atoms with Crippen LogP contribution in [0.1, 0.15) is 13.8 Å². The predicted octanol–water partition coefficient (Wildman–Crippen LogP) is -0.0292. The number of carbonyl (C=O) groups is 1. The normalized spacial score (nSPS) is 27.3. The second-order valence-corrected chi connectivity index (χ2v) is 4.05. The number of nitrogens with zero attached hydrogens (tertiary/aromatic N) is 1. The number of rotatable bonds is 4. The van der Waals surface area contributed by atoms with Crippen LogP contribution in [0.15, 0.2) is 12.7 Å². The van der Waals surface area contributed by atoms with Crippen LogP contribution in [0.5, 0.6) is 0 Å². The topological polar surface area (TPSA) is 44.4 Å². The van der Waals surface area contributed by atoms with E-state index in [2.05, 4.69) is 36.0 Å². The molecule has 1 heterocycles. The summed E-state index contributed by atoms with van der Waals surface area (Å²) in [7, 11) is 0. The van der Waals surface area contributed by atoms with Gasteiger partial charge < -0.3 is 10.6 Å². The molecule has 86 valence electrons. The average molecular weight is 211 g/mol. The molecule has 2 atom stereocenters. The Bertz CT molecular complexity index is 230. The fourth-order valence-electron chi connectivity index (χ4n) is 1.78. The van der Waals surface area contributed by atoms with Gasteiger partial charge in [0.05, 0.1) is 6.54 Å². The molecule has 1 aliphatic heterocycles. The van der Waals surface area contributed by atoms with Gasteiger partial charge in [-0.3, -0.25) is 9.69 Å². The SMILES string of the molecule is C=CCNC(=O)CN1CCNC(C)C1C. The standard InChI is InChI=1S/C11H21N3O/c1-4-5-13-11(15)8-14-7-6-12-9(2)10(14)3/h4,9-10,12H,1,5-8H2,2-3H3,(H,13,15). The number of amides is 1. The zero-order chi connectivity index (χ0) is 11.3. The molecule has 0 aliphatic carbocycles. The number of hydrogen-bond donors (Lipinski definition) is 2. The first kappa shape index (κ1) is 12.2. The summed E-state index contributed by atoms with van der Waals surface area (Å²) in [4.78, 5) is 13.7. The van der Waals surface area contributed by atoms with Gasteiger partial charge in [0.1, 0.15) is 0 Å². The van der Waals surface area contributed by atoms with Gasteiger partial charge in [-0.25, -0.2) is 0 Å². The zero-order valence-corrected chi connectivity index (χ0v) is 9.62. The van der Waals surface area contributed by atoms with Crippen LogP contribution >= 0.6 is 0 Å². The lowest BCUT2D eigenvalue weighted by atomic mass is 10.1. The van der Waals surface area contributed by atoms with Crippen LogP contribution in [-0.4, -0.2) is 49.1 Å². The Kier molecular flexibility index (Phi) is 4.78. The van der Waals surface area contributed by atoms with Gasteiger partial charge in [0.2, 0.25) is 5.91 Å². The number of piperazine rings is 1. The summed E-state index contributed by atoms with van der Waals surface area (Å²) in [6.45, 7) is 10.8. The van der Waals surface area contributed by atoms with Crippen molar-refractivity contribution in [1.29, 1.82) is 0 Å². The van der Waals surface area contributed by atoms with E-state index in [4.69, 9.17) is 0 Å². The summed E-state index contributed by atoms with van der Waals surface area (Å²) in [5.74, 6) is 0.0795. The van der Waals surface area contributed by atoms with Gasteiger partial charge in [0.25, 0.3) is 0 Å². The van der Waals surface area contributed by atoms with Crippen LogP contribution in [-0.2, 0) is 4.79 Å². The maximum absolute atomic E-state index is 11.5. The lowest BCUT2D eigenvalue weighted by molar-refractivity contribution is -0.122. The minimum absolute atomic E-state index is 0.0795. The first-order chi connectivity index (χ1) is 7.15. The van der Waals surface area contributed by atoms with Crippen molar-refractivity contribution in [3.05, 3.63) is 12.7 Å². The van der Waals surface area contributed by atoms with Crippen molar-refractivity contribution in [3.8, 4) is 0 Å². The molecule has 0 saturated carbocycles. The summed E-state index contributed by atoms with van der Waals surface area (Å²) in [5.41, 5.74) is 0. The Morgan fingerprint density at radius 1 is 1.67 bits per heavy atom. The first-order valence-corrected chi connectivity index (χ1v) is 5.50. The van der Waals surface area contributed by atoms with E-state index in [-0.39, 0.29) is 5.91 Å². The van der Waals surface area contributed by atoms with Crippen LogP contribution in [0, 0.1) is 0 Å². The highest BCUT2D eigenvalue weighted by Gasteiger charge is 2.25. The molecule has 1 aliphatic rings. The van der Waals surface area contributed by atoms with Crippen LogP contribution in [0.2, 0.25) is 0 Å². The monoisotopic (exact) mass is 211 g/mol. The number of carbonyl (C=O) groups excluding carboxylic acids is 1. The summed E-state index contributed by atoms with van der Waals surface area (Å²) in [6.07, 6.45) is 1.70. The van der Waals surface area contributed by atoms with Crippen molar-refractivity contribution >= 4 is 5.91 Å². The van der Waals surface area contributed by atoms with Gasteiger partial charge in [0, 0.05) is 31.7 Å². The fraction of sp³-hybridized carbons (Fsp3) is 0.727. The van der Waals surface area contributed by atoms with Gasteiger partial charge in [-0.05, 0) is 13.8 Å². The second-order valence-electron chi connectivity index (χ2n) is 4.05. The van der Waals surface area contributed by atoms with E-state index in [0.29, 0.717) is 25.2 Å². The van der Waals surface area contributed by atoms with E-state index >= 15 is 0 Å². The molecule has 0 spiro atoms. The van der Waals surface area contributed by atoms with Crippen LogP contribution in [0.25, 0.3) is 0 Å². The maximum atomic E-state index is 11.5. The van der Waals surface area contributed by atoms with Crippen molar-refractivity contribution in [2.75, 3.05) is 26.2 Å². The molecule has 4 heteroatoms. The van der Waals surface area contributed by atoms with Crippen molar-refractivity contribution in [3.63, 3.8) is 0 Å². The molecule has 0 aromatic heterocycles. The number of hydrogen-bond acceptors (Lipinski definition) is 3. The largest absolute Gasteiger partial charge is 0.352 e. The lowest BCUT2D eigenvalue weighted by Gasteiger charge is -2.38. The first-order valence-electron chi connectivity index (χ1n) is 5.50. The molecule has 2 N–H and O–H groups in total. The van der Waals surface area contributed by atoms with E-state index in [0.717, 1.165) is 13.1 Å². The molecule has 0 radical (unpaired) electrons. The minimum Gasteiger partial charge on any atom is -0.352 e. The van der Waals surface area contributed by atoms with Crippen molar-refractivity contribution in [2.45, 2.75) is 25.9 Å². The van der Waals surface area contributed by atoms with Crippen molar-refractivity contribution in [2.24, 2.45) is 0 Å². The van der Waals surface area contributed by atoms with Gasteiger partial charge in [-0.1, -0.05) is 6.08 Å². The smallest absolute Gasteiger partial charge is 0.234 e. The highest BCUT2D eigenvalue weighted by molar-refractivity contribution is 5.78. The van der Waals surface area contributed by atoms with Crippen molar-refractivity contribution in [1.82, 2.24) is 15.5 Å². The summed E-state index contributed by atoms with van der Waals surface area (Å²) >= 11 is 0. The molecular formula is C11H21N3O. The van der Waals surface area contributed by atoms with Crippen molar-refractivity contribution < 1.29 is 4.79 Å². The Labute approximate surface area is 91.7 Å². The Hall–Kier alpha value is -0.870. The van der Waals surface area contributed by atoms with E-state index < -0.39 is 0 Å². The molecule has 15 heavy (non-hydrogen) atoms. The molecule has 1 saturated heterocycles. The predicted molar refractivity (Wildman–Crippen MR) is 61.7 cm³/mol. The quantitative estimate of drug-likeness (QED) is 0.642. The Morgan fingerprint density at radius 2 is 2.40 bits per heavy atom. The minimum atomic E-state index is 0.0795.